The van der Waals surface area contributed by atoms with Gasteiger partial charge in [0.1, 0.15) is 0 Å². The molecule has 8 bridgehead atoms. The van der Waals surface area contributed by atoms with E-state index in [0.29, 0.717) is 0 Å². The second kappa shape index (κ2) is 31.1. The van der Waals surface area contributed by atoms with Crippen LogP contribution in [0.2, 0.25) is 0 Å². The van der Waals surface area contributed by atoms with Crippen molar-refractivity contribution in [3.05, 3.63) is 458 Å². The zero-order valence-corrected chi connectivity index (χ0v) is 84.8. The first-order chi connectivity index (χ1) is 73.5. The van der Waals surface area contributed by atoms with Crippen LogP contribution in [0.15, 0.2) is 425 Å². The van der Waals surface area contributed by atoms with Gasteiger partial charge in [-0.25, -0.2) is 0 Å². The van der Waals surface area contributed by atoms with E-state index in [0.717, 1.165) is 53.0 Å². The van der Waals surface area contributed by atoms with Crippen molar-refractivity contribution in [1.29, 1.82) is 0 Å². The lowest BCUT2D eigenvalue weighted by Gasteiger charge is -2.61. The number of aromatic nitrogens is 4. The minimum absolute atomic E-state index is 0.146. The Morgan fingerprint density at radius 2 is 0.470 bits per heavy atom. The van der Waals surface area contributed by atoms with Gasteiger partial charge in [-0.15, -0.1) is 22.7 Å². The second-order valence-corrected chi connectivity index (χ2v) is 48.3. The van der Waals surface area contributed by atoms with Gasteiger partial charge in [0.15, 0.2) is 0 Å². The first kappa shape index (κ1) is 84.1. The zero-order chi connectivity index (χ0) is 97.3. The maximum absolute atomic E-state index is 2.66. The van der Waals surface area contributed by atoms with Crippen molar-refractivity contribution in [2.45, 2.75) is 94.3 Å². The molecule has 0 radical (unpaired) electrons. The first-order valence-electron chi connectivity index (χ1n) is 54.5. The third-order valence-electron chi connectivity index (χ3n) is 38.6. The molecule has 0 atom stereocenters. The van der Waals surface area contributed by atoms with E-state index < -0.39 is 0 Å². The molecule has 2 spiro atoms. The van der Waals surface area contributed by atoms with Gasteiger partial charge in [0.2, 0.25) is 0 Å². The SMILES string of the molecule is CC1(C)c2ccc(-n3c4ccccc4c4ccc(-c5ccc6c7ccccc7n(-c7ccc8sc9ccccc9c8c7)c6c5)cc43)cc2-c2ccc(-c3ccc4c(c3)C3(c5ccccc5-4)C4CC5CC(C4)CC3C5)cc21.c1ccc(-c2ccc(-n3c4ccccc4c4ccc(-c5ccc6c7ccccc7n(-c7ccc8sc9cc(-c%10ccc%11c(c%10)C%10(c%12ccccc%12-%11)C%11CC%12CC(C%11)CC%10C%12)ccc9c8c7)c6c5)cc43)cc2)cc1. The van der Waals surface area contributed by atoms with E-state index in [1.54, 1.807) is 22.3 Å². The maximum atomic E-state index is 2.66. The van der Waals surface area contributed by atoms with Gasteiger partial charge >= 0.3 is 0 Å². The molecule has 0 aliphatic heterocycles. The van der Waals surface area contributed by atoms with Crippen LogP contribution in [-0.2, 0) is 16.2 Å². The van der Waals surface area contributed by atoms with Gasteiger partial charge in [-0.3, -0.25) is 0 Å². The van der Waals surface area contributed by atoms with E-state index in [4.69, 9.17) is 0 Å². The highest BCUT2D eigenvalue weighted by Crippen LogP contribution is 2.72. The summed E-state index contributed by atoms with van der Waals surface area (Å²) in [6, 6.07) is 163. The van der Waals surface area contributed by atoms with Crippen LogP contribution in [0, 0.1) is 47.3 Å². The maximum Gasteiger partial charge on any atom is 0.0547 e. The molecule has 0 saturated heterocycles. The van der Waals surface area contributed by atoms with E-state index in [-0.39, 0.29) is 16.2 Å². The molecule has 0 unspecified atom stereocenters. The second-order valence-electron chi connectivity index (χ2n) is 46.1. The Bertz CT molecular complexity index is 10300. The number of fused-ring (bicyclic) bond motifs is 27. The molecule has 6 aromatic heterocycles. The van der Waals surface area contributed by atoms with Crippen molar-refractivity contribution in [1.82, 2.24) is 18.3 Å². The van der Waals surface area contributed by atoms with Crippen molar-refractivity contribution in [2.24, 2.45) is 47.3 Å². The highest BCUT2D eigenvalue weighted by molar-refractivity contribution is 7.26. The summed E-state index contributed by atoms with van der Waals surface area (Å²) >= 11 is 3.80. The van der Waals surface area contributed by atoms with Gasteiger partial charge in [-0.1, -0.05) is 299 Å². The van der Waals surface area contributed by atoms with Gasteiger partial charge in [0, 0.05) is 122 Å². The fraction of sp³-hybridized carbons (Fsp3) is 0.161. The standard InChI is InChI=1S/C73H54N2S.C70H50N2S/c1-72(2)62-29-23-50(40-60(62)54-26-20-44(36-64(54)72)45-19-25-53-52-11-3-7-15-63(52)73(65(53)37-45)48-32-42-31-43(34-48)35-49(73)33-42)74-66-16-8-4-12-55(66)57-27-21-46(38-68(57)74)47-22-28-58-56-13-5-9-17-67(56)75(69(58)39-47)51-24-30-71-61(41-51)59-14-6-10-18-70(59)76-71;1-2-10-44(11-3-1)45-18-24-52(25-19-45)71-64-16-8-5-13-56(64)58-28-21-47(38-66(58)71)48-22-29-59-57-14-6-9-17-65(57)72(67(59)39-48)53-26-31-68-61(41-53)60-30-23-49(40-69(60)73-68)46-20-27-55-54-12-4-7-15-62(54)70(63(55)37-46)50-33-42-32-43(35-50)36-51(70)34-42/h3-30,36-43,48-49H,31-35H2,1-2H3;1-31,37-43,50-51H,32-36H2. The number of benzene rings is 20. The van der Waals surface area contributed by atoms with E-state index >= 15 is 0 Å². The summed E-state index contributed by atoms with van der Waals surface area (Å²) < 4.78 is 15.3. The molecule has 11 aliphatic rings. The van der Waals surface area contributed by atoms with Crippen molar-refractivity contribution >= 4 is 150 Å². The number of rotatable bonds is 9. The monoisotopic (exact) mass is 1940 g/mol. The van der Waals surface area contributed by atoms with Crippen molar-refractivity contribution in [3.63, 3.8) is 0 Å². The van der Waals surface area contributed by atoms with Crippen LogP contribution in [0.1, 0.15) is 111 Å². The van der Waals surface area contributed by atoms with Crippen LogP contribution in [0.3, 0.4) is 0 Å². The fourth-order valence-electron chi connectivity index (χ4n) is 32.8. The molecule has 6 heterocycles. The lowest BCUT2D eigenvalue weighted by molar-refractivity contribution is -0.0399. The van der Waals surface area contributed by atoms with Crippen LogP contribution < -0.4 is 0 Å². The Kier molecular flexibility index (Phi) is 17.6. The summed E-state index contributed by atoms with van der Waals surface area (Å²) in [7, 11) is 0. The molecule has 149 heavy (non-hydrogen) atoms. The molecule has 0 amide bonds. The number of para-hydroxylation sites is 4. The Hall–Kier alpha value is -16.0. The largest absolute Gasteiger partial charge is 0.309 e. The summed E-state index contributed by atoms with van der Waals surface area (Å²) in [5.74, 6) is 6.79. The third kappa shape index (κ3) is 11.9. The Morgan fingerprint density at radius 1 is 0.174 bits per heavy atom. The summed E-state index contributed by atoms with van der Waals surface area (Å²) in [4.78, 5) is 0. The molecule has 8 saturated carbocycles. The van der Waals surface area contributed by atoms with Gasteiger partial charge in [-0.2, -0.15) is 0 Å². The average molecular weight is 1940 g/mol. The number of hydrogen-bond donors (Lipinski definition) is 0. The lowest BCUT2D eigenvalue weighted by Crippen LogP contribution is -2.55. The molecule has 20 aromatic carbocycles. The van der Waals surface area contributed by atoms with Gasteiger partial charge in [0.05, 0.1) is 44.1 Å². The van der Waals surface area contributed by atoms with Crippen LogP contribution in [0.25, 0.3) is 239 Å². The molecule has 0 N–H and O–H groups in total. The Labute approximate surface area is 873 Å². The van der Waals surface area contributed by atoms with Crippen LogP contribution in [-0.4, -0.2) is 18.3 Å². The highest BCUT2D eigenvalue weighted by atomic mass is 32.1. The molecule has 11 aliphatic carbocycles. The zero-order valence-electron chi connectivity index (χ0n) is 83.2. The van der Waals surface area contributed by atoms with Gasteiger partial charge in [-0.05, 0) is 373 Å². The molecule has 26 aromatic rings. The van der Waals surface area contributed by atoms with Crippen molar-refractivity contribution in [2.75, 3.05) is 0 Å². The number of nitrogens with zero attached hydrogens (tertiary/aromatic N) is 4. The van der Waals surface area contributed by atoms with Crippen molar-refractivity contribution in [3.8, 4) is 112 Å². The summed E-state index contributed by atoms with van der Waals surface area (Å²) in [6.45, 7) is 4.88. The summed E-state index contributed by atoms with van der Waals surface area (Å²) in [6.07, 6.45) is 14.2. The quantitative estimate of drug-likeness (QED) is 0.137. The normalized spacial score (nSPS) is 21.1. The predicted molar refractivity (Wildman–Crippen MR) is 627 cm³/mol. The molecule has 8 fully saturated rings. The van der Waals surface area contributed by atoms with Gasteiger partial charge < -0.3 is 18.3 Å². The molecular weight excluding hydrogens is 1840 g/mol. The fourth-order valence-corrected chi connectivity index (χ4v) is 35.0. The molecule has 6 heteroatoms. The predicted octanol–water partition coefficient (Wildman–Crippen LogP) is 38.6. The minimum atomic E-state index is -0.146. The van der Waals surface area contributed by atoms with Crippen LogP contribution in [0.4, 0.5) is 0 Å². The molecule has 4 nitrogen and oxygen atoms in total. The average Bonchev–Trinajstić information content (AvgIpc) is 1.53. The van der Waals surface area contributed by atoms with E-state index in [1.165, 1.54) is 309 Å². The molecule has 708 valence electrons. The minimum Gasteiger partial charge on any atom is -0.309 e. The number of hydrogen-bond acceptors (Lipinski definition) is 2. The van der Waals surface area contributed by atoms with Crippen LogP contribution >= 0.6 is 22.7 Å². The topological polar surface area (TPSA) is 19.7 Å². The summed E-state index contributed by atoms with van der Waals surface area (Å²) in [5, 5.41) is 15.4. The molecule has 37 rings (SSSR count). The highest BCUT2D eigenvalue weighted by Gasteiger charge is 2.63. The Balaban J connectivity index is 0.000000127. The van der Waals surface area contributed by atoms with Crippen molar-refractivity contribution < 1.29 is 0 Å². The number of thiophene rings is 2. The summed E-state index contributed by atoms with van der Waals surface area (Å²) in [5.41, 5.74) is 45.3. The molecular formula is C143H104N4S2. The van der Waals surface area contributed by atoms with E-state index in [9.17, 15) is 0 Å². The first-order valence-corrected chi connectivity index (χ1v) is 56.1. The third-order valence-corrected chi connectivity index (χ3v) is 40.9. The smallest absolute Gasteiger partial charge is 0.0547 e. The van der Waals surface area contributed by atoms with E-state index in [1.807, 2.05) is 22.7 Å². The lowest BCUT2D eigenvalue weighted by atomic mass is 9.43. The van der Waals surface area contributed by atoms with Crippen LogP contribution in [0.5, 0.6) is 0 Å². The Morgan fingerprint density at radius 3 is 0.919 bits per heavy atom. The van der Waals surface area contributed by atoms with E-state index in [2.05, 4.69) is 457 Å². The van der Waals surface area contributed by atoms with Gasteiger partial charge in [0.25, 0.3) is 0 Å².